The molecule has 3 N–H and O–H groups in total. The van der Waals surface area contributed by atoms with Gasteiger partial charge in [-0.1, -0.05) is 30.3 Å². The van der Waals surface area contributed by atoms with Crippen molar-refractivity contribution < 1.29 is 8.42 Å². The number of hydrogen-bond acceptors (Lipinski definition) is 4. The van der Waals surface area contributed by atoms with Crippen LogP contribution in [-0.4, -0.2) is 52.0 Å². The first-order chi connectivity index (χ1) is 13.5. The van der Waals surface area contributed by atoms with Crippen LogP contribution in [0.1, 0.15) is 12.5 Å². The van der Waals surface area contributed by atoms with Gasteiger partial charge in [0.25, 0.3) is 0 Å². The molecule has 8 heteroatoms. The van der Waals surface area contributed by atoms with Gasteiger partial charge in [-0.15, -0.1) is 0 Å². The van der Waals surface area contributed by atoms with Crippen LogP contribution in [0.4, 0.5) is 5.69 Å². The molecule has 0 aromatic heterocycles. The number of sulfonamides is 1. The number of benzene rings is 2. The predicted molar refractivity (Wildman–Crippen MR) is 113 cm³/mol. The highest BCUT2D eigenvalue weighted by atomic mass is 32.2. The summed E-state index contributed by atoms with van der Waals surface area (Å²) in [7, 11) is -3.71. The van der Waals surface area contributed by atoms with Crippen molar-refractivity contribution in [2.75, 3.05) is 37.6 Å². The lowest BCUT2D eigenvalue weighted by molar-refractivity contribution is 0.372. The molecule has 0 amide bonds. The Balaban J connectivity index is 1.67. The number of nitrogens with two attached hydrogens (primary N) is 1. The van der Waals surface area contributed by atoms with Crippen molar-refractivity contribution in [1.29, 1.82) is 0 Å². The summed E-state index contributed by atoms with van der Waals surface area (Å²) in [4.78, 5) is 9.43. The number of para-hydroxylation sites is 1. The lowest BCUT2D eigenvalue weighted by Gasteiger charge is -2.37. The minimum atomic E-state index is -3.71. The number of hydrogen-bond donors (Lipinski definition) is 2. The van der Waals surface area contributed by atoms with Gasteiger partial charge in [-0.3, -0.25) is 0 Å². The van der Waals surface area contributed by atoms with Crippen LogP contribution in [0.25, 0.3) is 0 Å². The van der Waals surface area contributed by atoms with Crippen molar-refractivity contribution in [2.24, 2.45) is 10.1 Å². The van der Waals surface area contributed by atoms with E-state index >= 15 is 0 Å². The molecule has 0 aliphatic carbocycles. The molecule has 1 aliphatic heterocycles. The van der Waals surface area contributed by atoms with Crippen molar-refractivity contribution in [2.45, 2.75) is 18.4 Å². The highest BCUT2D eigenvalue weighted by Gasteiger charge is 2.19. The summed E-state index contributed by atoms with van der Waals surface area (Å²) in [6.45, 7) is 6.80. The van der Waals surface area contributed by atoms with Crippen LogP contribution in [0.5, 0.6) is 0 Å². The number of nitrogens with one attached hydrogen (secondary N) is 1. The monoisotopic (exact) mass is 401 g/mol. The third kappa shape index (κ3) is 5.24. The van der Waals surface area contributed by atoms with E-state index in [2.05, 4.69) is 39.4 Å². The molecule has 1 aliphatic rings. The molecule has 1 fully saturated rings. The van der Waals surface area contributed by atoms with Crippen molar-refractivity contribution in [3.63, 3.8) is 0 Å². The third-order valence-corrected chi connectivity index (χ3v) is 5.58. The molecule has 0 atom stereocenters. The Labute approximate surface area is 166 Å². The highest BCUT2D eigenvalue weighted by molar-refractivity contribution is 7.89. The molecule has 150 valence electrons. The molecular weight excluding hydrogens is 374 g/mol. The number of primary sulfonamides is 1. The van der Waals surface area contributed by atoms with E-state index in [1.165, 1.54) is 11.8 Å². The van der Waals surface area contributed by atoms with Gasteiger partial charge in [-0.2, -0.15) is 0 Å². The number of anilines is 1. The quantitative estimate of drug-likeness (QED) is 0.587. The van der Waals surface area contributed by atoms with Gasteiger partial charge >= 0.3 is 0 Å². The largest absolute Gasteiger partial charge is 0.368 e. The van der Waals surface area contributed by atoms with E-state index in [1.54, 1.807) is 12.1 Å². The maximum Gasteiger partial charge on any atom is 0.238 e. The molecule has 2 aromatic rings. The van der Waals surface area contributed by atoms with E-state index in [9.17, 15) is 8.42 Å². The van der Waals surface area contributed by atoms with Gasteiger partial charge < -0.3 is 15.1 Å². The fourth-order valence-electron chi connectivity index (χ4n) is 3.23. The molecule has 7 nitrogen and oxygen atoms in total. The molecule has 1 saturated heterocycles. The Morgan fingerprint density at radius 2 is 1.79 bits per heavy atom. The minimum absolute atomic E-state index is 0.113. The summed E-state index contributed by atoms with van der Waals surface area (Å²) >= 11 is 0. The summed E-state index contributed by atoms with van der Waals surface area (Å²) in [5.74, 6) is 0.844. The van der Waals surface area contributed by atoms with E-state index in [4.69, 9.17) is 10.1 Å². The van der Waals surface area contributed by atoms with Crippen molar-refractivity contribution in [3.8, 4) is 0 Å². The summed E-state index contributed by atoms with van der Waals surface area (Å²) in [5.41, 5.74) is 2.05. The number of rotatable bonds is 5. The molecule has 0 spiro atoms. The molecule has 0 bridgehead atoms. The van der Waals surface area contributed by atoms with E-state index in [0.717, 1.165) is 44.2 Å². The van der Waals surface area contributed by atoms with Crippen molar-refractivity contribution >= 4 is 21.7 Å². The van der Waals surface area contributed by atoms with Crippen LogP contribution in [0, 0.1) is 0 Å². The normalized spacial score (nSPS) is 15.6. The van der Waals surface area contributed by atoms with E-state index < -0.39 is 10.0 Å². The van der Waals surface area contributed by atoms with Gasteiger partial charge in [0.15, 0.2) is 5.96 Å². The van der Waals surface area contributed by atoms with Gasteiger partial charge in [-0.25, -0.2) is 18.5 Å². The lowest BCUT2D eigenvalue weighted by atomic mass is 10.2. The molecule has 3 rings (SSSR count). The summed E-state index contributed by atoms with van der Waals surface area (Å²) in [6.07, 6.45) is 0. The topological polar surface area (TPSA) is 91.0 Å². The molecule has 28 heavy (non-hydrogen) atoms. The molecule has 0 unspecified atom stereocenters. The zero-order valence-electron chi connectivity index (χ0n) is 16.1. The molecule has 0 saturated carbocycles. The summed E-state index contributed by atoms with van der Waals surface area (Å²) < 4.78 is 23.1. The van der Waals surface area contributed by atoms with Gasteiger partial charge in [0.05, 0.1) is 11.4 Å². The smallest absolute Gasteiger partial charge is 0.238 e. The second-order valence-electron chi connectivity index (χ2n) is 6.67. The summed E-state index contributed by atoms with van der Waals surface area (Å²) in [6, 6.07) is 17.0. The second kappa shape index (κ2) is 9.07. The first-order valence-corrected chi connectivity index (χ1v) is 11.0. The Morgan fingerprint density at radius 3 is 2.43 bits per heavy atom. The van der Waals surface area contributed by atoms with Crippen LogP contribution < -0.4 is 15.4 Å². The Kier molecular flexibility index (Phi) is 6.53. The van der Waals surface area contributed by atoms with Crippen LogP contribution in [0.3, 0.4) is 0 Å². The molecule has 2 aromatic carbocycles. The van der Waals surface area contributed by atoms with Gasteiger partial charge in [-0.05, 0) is 36.8 Å². The fraction of sp³-hybridized carbons (Fsp3) is 0.350. The Hall–Kier alpha value is -2.58. The zero-order chi connectivity index (χ0) is 20.0. The number of piperazine rings is 1. The minimum Gasteiger partial charge on any atom is -0.368 e. The number of guanidine groups is 1. The van der Waals surface area contributed by atoms with Crippen LogP contribution in [0.15, 0.2) is 64.5 Å². The summed E-state index contributed by atoms with van der Waals surface area (Å²) in [5, 5.41) is 8.55. The number of aliphatic imine (C=N–C) groups is 1. The fourth-order valence-corrected chi connectivity index (χ4v) is 3.81. The first-order valence-electron chi connectivity index (χ1n) is 9.42. The van der Waals surface area contributed by atoms with Gasteiger partial charge in [0, 0.05) is 38.4 Å². The van der Waals surface area contributed by atoms with Crippen molar-refractivity contribution in [3.05, 3.63) is 60.2 Å². The predicted octanol–water partition coefficient (Wildman–Crippen LogP) is 1.62. The highest BCUT2D eigenvalue weighted by Crippen LogP contribution is 2.16. The van der Waals surface area contributed by atoms with Crippen LogP contribution in [0.2, 0.25) is 0 Å². The van der Waals surface area contributed by atoms with E-state index in [1.807, 2.05) is 19.1 Å². The average molecular weight is 402 g/mol. The number of nitrogens with zero attached hydrogens (tertiary/aromatic N) is 3. The van der Waals surface area contributed by atoms with Gasteiger partial charge in [0.2, 0.25) is 10.0 Å². The SMILES string of the molecule is CCNC(=NCc1cccc(S(N)(=O)=O)c1)N1CCN(c2ccccc2)CC1. The Morgan fingerprint density at radius 1 is 1.07 bits per heavy atom. The van der Waals surface area contributed by atoms with Crippen LogP contribution in [-0.2, 0) is 16.6 Å². The average Bonchev–Trinajstić information content (AvgIpc) is 2.71. The lowest BCUT2D eigenvalue weighted by Crippen LogP contribution is -2.52. The first kappa shape index (κ1) is 20.2. The van der Waals surface area contributed by atoms with Crippen LogP contribution >= 0.6 is 0 Å². The van der Waals surface area contributed by atoms with Crippen molar-refractivity contribution in [1.82, 2.24) is 10.2 Å². The zero-order valence-corrected chi connectivity index (χ0v) is 16.9. The molecular formula is C20H27N5O2S. The second-order valence-corrected chi connectivity index (χ2v) is 8.23. The van der Waals surface area contributed by atoms with E-state index in [0.29, 0.717) is 6.54 Å². The standard InChI is InChI=1S/C20H27N5O2S/c1-2-22-20(23-16-17-7-6-10-19(15-17)28(21,26)27)25-13-11-24(12-14-25)18-8-4-3-5-9-18/h3-10,15H,2,11-14,16H2,1H3,(H,22,23)(H2,21,26,27). The molecule has 0 radical (unpaired) electrons. The molecule has 1 heterocycles. The Bertz CT molecular complexity index is 907. The maximum absolute atomic E-state index is 11.5. The van der Waals surface area contributed by atoms with Gasteiger partial charge in [0.1, 0.15) is 0 Å². The van der Waals surface area contributed by atoms with E-state index in [-0.39, 0.29) is 4.90 Å². The maximum atomic E-state index is 11.5. The third-order valence-electron chi connectivity index (χ3n) is 4.67.